The largest absolute Gasteiger partial charge is 0.329 e. The van der Waals surface area contributed by atoms with E-state index in [0.717, 1.165) is 13.0 Å². The highest BCUT2D eigenvalue weighted by atomic mass is 32.1. The minimum atomic E-state index is 0.00231. The summed E-state index contributed by atoms with van der Waals surface area (Å²) in [7, 11) is 0. The van der Waals surface area contributed by atoms with E-state index < -0.39 is 0 Å². The van der Waals surface area contributed by atoms with E-state index in [1.165, 1.54) is 29.5 Å². The van der Waals surface area contributed by atoms with Crippen LogP contribution in [0.1, 0.15) is 39.8 Å². The van der Waals surface area contributed by atoms with Gasteiger partial charge >= 0.3 is 0 Å². The molecule has 5 nitrogen and oxygen atoms in total. The number of amides is 1. The fourth-order valence-electron chi connectivity index (χ4n) is 2.95. The summed E-state index contributed by atoms with van der Waals surface area (Å²) < 4.78 is 0. The molecule has 2 aromatic rings. The Morgan fingerprint density at radius 1 is 1.47 bits per heavy atom. The molecule has 1 aliphatic carbocycles. The zero-order valence-electron chi connectivity index (χ0n) is 10.4. The Bertz CT molecular complexity index is 602. The average molecular weight is 274 g/mol. The number of rotatable bonds is 2. The first-order chi connectivity index (χ1) is 9.34. The van der Waals surface area contributed by atoms with Gasteiger partial charge in [0.2, 0.25) is 0 Å². The van der Waals surface area contributed by atoms with Crippen molar-refractivity contribution in [1.82, 2.24) is 20.3 Å². The molecule has 1 N–H and O–H groups in total. The quantitative estimate of drug-likeness (QED) is 0.911. The molecule has 0 saturated heterocycles. The lowest BCUT2D eigenvalue weighted by Gasteiger charge is -2.35. The molecule has 4 rings (SSSR count). The number of carbonyl (C=O) groups excluding carboxylic acids is 1. The van der Waals surface area contributed by atoms with Gasteiger partial charge in [-0.25, -0.2) is 0 Å². The van der Waals surface area contributed by atoms with E-state index in [1.54, 1.807) is 0 Å². The Hall–Kier alpha value is -1.69. The first kappa shape index (κ1) is 11.2. The summed E-state index contributed by atoms with van der Waals surface area (Å²) in [4.78, 5) is 16.0. The van der Waals surface area contributed by atoms with Crippen molar-refractivity contribution in [2.45, 2.75) is 25.3 Å². The lowest BCUT2D eigenvalue weighted by molar-refractivity contribution is 0.0631. The fourth-order valence-corrected chi connectivity index (χ4v) is 3.86. The van der Waals surface area contributed by atoms with E-state index in [9.17, 15) is 4.79 Å². The topological polar surface area (TPSA) is 61.9 Å². The molecule has 1 unspecified atom stereocenters. The van der Waals surface area contributed by atoms with Crippen molar-refractivity contribution in [3.05, 3.63) is 33.8 Å². The van der Waals surface area contributed by atoms with Crippen molar-refractivity contribution in [1.29, 1.82) is 0 Å². The van der Waals surface area contributed by atoms with Gasteiger partial charge in [0.05, 0.1) is 12.2 Å². The third-order valence-electron chi connectivity index (χ3n) is 3.98. The van der Waals surface area contributed by atoms with E-state index in [2.05, 4.69) is 26.9 Å². The predicted octanol–water partition coefficient (Wildman–Crippen LogP) is 2.02. The van der Waals surface area contributed by atoms with Crippen molar-refractivity contribution in [3.63, 3.8) is 0 Å². The standard InChI is InChI=1S/C13H14N4OS/c18-13(10-7-14-16-15-10)17-5-3-11-9(4-6-19-11)12(17)8-1-2-8/h4,6-8,12H,1-3,5H2,(H,14,15,16). The van der Waals surface area contributed by atoms with Crippen LogP contribution >= 0.6 is 11.3 Å². The van der Waals surface area contributed by atoms with Crippen LogP contribution in [0.4, 0.5) is 0 Å². The minimum Gasteiger partial charge on any atom is -0.329 e. The molecule has 2 aromatic heterocycles. The molecule has 0 bridgehead atoms. The van der Waals surface area contributed by atoms with Crippen molar-refractivity contribution < 1.29 is 4.79 Å². The number of hydrogen-bond donors (Lipinski definition) is 1. The Morgan fingerprint density at radius 3 is 3.11 bits per heavy atom. The van der Waals surface area contributed by atoms with E-state index in [4.69, 9.17) is 0 Å². The summed E-state index contributed by atoms with van der Waals surface area (Å²) in [5.74, 6) is 0.631. The lowest BCUT2D eigenvalue weighted by atomic mass is 9.95. The van der Waals surface area contributed by atoms with Crippen LogP contribution in [0, 0.1) is 5.92 Å². The van der Waals surface area contributed by atoms with Gasteiger partial charge in [0.1, 0.15) is 0 Å². The summed E-state index contributed by atoms with van der Waals surface area (Å²) in [6.07, 6.45) is 4.92. The summed E-state index contributed by atoms with van der Waals surface area (Å²) in [5.41, 5.74) is 1.78. The average Bonchev–Trinajstić information content (AvgIpc) is 2.95. The number of nitrogens with one attached hydrogen (secondary N) is 1. The molecule has 1 atom stereocenters. The van der Waals surface area contributed by atoms with Gasteiger partial charge in [-0.1, -0.05) is 0 Å². The monoisotopic (exact) mass is 274 g/mol. The van der Waals surface area contributed by atoms with Gasteiger partial charge in [-0.15, -0.1) is 11.3 Å². The van der Waals surface area contributed by atoms with Crippen LogP contribution in [0.5, 0.6) is 0 Å². The van der Waals surface area contributed by atoms with E-state index in [1.807, 2.05) is 16.2 Å². The highest BCUT2D eigenvalue weighted by molar-refractivity contribution is 7.10. The molecule has 1 saturated carbocycles. The molecule has 3 heterocycles. The maximum Gasteiger partial charge on any atom is 0.276 e. The van der Waals surface area contributed by atoms with Crippen LogP contribution in [-0.4, -0.2) is 32.8 Å². The zero-order chi connectivity index (χ0) is 12.8. The normalized spacial score (nSPS) is 22.3. The van der Waals surface area contributed by atoms with Crippen molar-refractivity contribution in [2.75, 3.05) is 6.54 Å². The van der Waals surface area contributed by atoms with Crippen molar-refractivity contribution >= 4 is 17.2 Å². The second-order valence-corrected chi connectivity index (χ2v) is 6.19. The number of thiophene rings is 1. The molecular weight excluding hydrogens is 260 g/mol. The van der Waals surface area contributed by atoms with Crippen LogP contribution in [-0.2, 0) is 6.42 Å². The van der Waals surface area contributed by atoms with Crippen LogP contribution < -0.4 is 0 Å². The minimum absolute atomic E-state index is 0.00231. The second kappa shape index (κ2) is 4.16. The van der Waals surface area contributed by atoms with Gasteiger partial charge < -0.3 is 4.90 Å². The molecule has 6 heteroatoms. The highest BCUT2D eigenvalue weighted by Gasteiger charge is 2.42. The molecule has 2 aliphatic rings. The van der Waals surface area contributed by atoms with Crippen LogP contribution in [0.3, 0.4) is 0 Å². The van der Waals surface area contributed by atoms with Gasteiger partial charge in [0, 0.05) is 11.4 Å². The third kappa shape index (κ3) is 1.78. The molecule has 1 fully saturated rings. The Kier molecular flexibility index (Phi) is 2.44. The maximum atomic E-state index is 12.5. The zero-order valence-corrected chi connectivity index (χ0v) is 11.2. The summed E-state index contributed by atoms with van der Waals surface area (Å²) in [6, 6.07) is 2.43. The Morgan fingerprint density at radius 2 is 2.37 bits per heavy atom. The number of aromatic amines is 1. The molecule has 0 radical (unpaired) electrons. The van der Waals surface area contributed by atoms with E-state index >= 15 is 0 Å². The van der Waals surface area contributed by atoms with Gasteiger partial charge in [-0.05, 0) is 42.2 Å². The molecule has 0 aromatic carbocycles. The summed E-state index contributed by atoms with van der Waals surface area (Å²) in [5, 5.41) is 12.3. The lowest BCUT2D eigenvalue weighted by Crippen LogP contribution is -2.40. The van der Waals surface area contributed by atoms with Crippen molar-refractivity contribution in [3.8, 4) is 0 Å². The fraction of sp³-hybridized carbons (Fsp3) is 0.462. The van der Waals surface area contributed by atoms with E-state index in [0.29, 0.717) is 11.6 Å². The molecule has 1 amide bonds. The smallest absolute Gasteiger partial charge is 0.276 e. The van der Waals surface area contributed by atoms with Gasteiger partial charge in [0.25, 0.3) is 5.91 Å². The highest BCUT2D eigenvalue weighted by Crippen LogP contribution is 2.48. The molecule has 19 heavy (non-hydrogen) atoms. The van der Waals surface area contributed by atoms with Crippen molar-refractivity contribution in [2.24, 2.45) is 5.92 Å². The molecule has 0 spiro atoms. The molecule has 1 aliphatic heterocycles. The Balaban J connectivity index is 1.70. The molecule has 98 valence electrons. The van der Waals surface area contributed by atoms with Crippen LogP contribution in [0.2, 0.25) is 0 Å². The number of aromatic nitrogens is 3. The van der Waals surface area contributed by atoms with Crippen LogP contribution in [0.25, 0.3) is 0 Å². The number of nitrogens with zero attached hydrogens (tertiary/aromatic N) is 3. The first-order valence-corrected chi connectivity index (χ1v) is 7.45. The molecular formula is C13H14N4OS. The number of H-pyrrole nitrogens is 1. The predicted molar refractivity (Wildman–Crippen MR) is 70.9 cm³/mol. The van der Waals surface area contributed by atoms with Crippen LogP contribution in [0.15, 0.2) is 17.6 Å². The maximum absolute atomic E-state index is 12.5. The van der Waals surface area contributed by atoms with Gasteiger partial charge in [-0.2, -0.15) is 15.4 Å². The van der Waals surface area contributed by atoms with Gasteiger partial charge in [0.15, 0.2) is 5.69 Å². The van der Waals surface area contributed by atoms with Gasteiger partial charge in [-0.3, -0.25) is 4.79 Å². The Labute approximate surface area is 114 Å². The summed E-state index contributed by atoms with van der Waals surface area (Å²) in [6.45, 7) is 0.792. The SMILES string of the molecule is O=C(c1cn[nH]n1)N1CCc2sccc2C1C1CC1. The van der Waals surface area contributed by atoms with E-state index in [-0.39, 0.29) is 11.9 Å². The number of carbonyl (C=O) groups is 1. The second-order valence-electron chi connectivity index (χ2n) is 5.19. The third-order valence-corrected chi connectivity index (χ3v) is 4.97. The number of hydrogen-bond acceptors (Lipinski definition) is 4. The number of fused-ring (bicyclic) bond motifs is 1. The summed E-state index contributed by atoms with van der Waals surface area (Å²) >= 11 is 1.81. The first-order valence-electron chi connectivity index (χ1n) is 6.57.